The van der Waals surface area contributed by atoms with E-state index in [-0.39, 0.29) is 30.9 Å². The van der Waals surface area contributed by atoms with Crippen molar-refractivity contribution >= 4 is 58.8 Å². The van der Waals surface area contributed by atoms with Crippen LogP contribution in [-0.4, -0.2) is 71.4 Å². The smallest absolute Gasteiger partial charge is 0.260 e. The van der Waals surface area contributed by atoms with Gasteiger partial charge in [0.15, 0.2) is 23.0 Å². The van der Waals surface area contributed by atoms with Crippen LogP contribution in [0, 0.1) is 0 Å². The first-order chi connectivity index (χ1) is 29.3. The van der Waals surface area contributed by atoms with Crippen LogP contribution in [0.25, 0.3) is 0 Å². The van der Waals surface area contributed by atoms with Crippen LogP contribution in [0.5, 0.6) is 23.0 Å². The number of carbonyl (C=O) groups excluding carboxylic acids is 3. The third-order valence-corrected chi connectivity index (χ3v) is 11.7. The Hall–Kier alpha value is -6.42. The van der Waals surface area contributed by atoms with Gasteiger partial charge in [0.05, 0.1) is 53.6 Å². The largest absolute Gasteiger partial charge is 0.493 e. The number of nitrogens with zero attached hydrogens (tertiary/aromatic N) is 2. The van der Waals surface area contributed by atoms with E-state index in [9.17, 15) is 24.6 Å². The standard InChI is InChI=1S/C46H45N5O9S/c1-46(2,61)45(56)47-28-14-24(22-59-39-20-31-29(18-37(39)57-3)43(54)50-33-11-7-5-9-26(33)16-35(50)41(52)48-31)13-25(15-28)23-60-40-21-32-30(19-38(40)58-4)44(55)51-34-12-8-6-10-27(34)17-36(51)42(53)49-32/h5-15,18-21,35-36,41-42,48-49,52-53,61H,16-17,22-23H2,1-4H3,(H,47,56)/t35-,36-,41?,42?/m0/s1. The van der Waals surface area contributed by atoms with Crippen LogP contribution in [0.4, 0.5) is 28.4 Å². The summed E-state index contributed by atoms with van der Waals surface area (Å²) in [7, 11) is 2.98. The van der Waals surface area contributed by atoms with Crippen molar-refractivity contribution in [3.8, 4) is 23.0 Å². The molecule has 2 unspecified atom stereocenters. The molecule has 4 aliphatic rings. The lowest BCUT2D eigenvalue weighted by Gasteiger charge is -2.26. The van der Waals surface area contributed by atoms with E-state index in [1.54, 1.807) is 60.0 Å². The van der Waals surface area contributed by atoms with E-state index in [1.807, 2.05) is 54.6 Å². The van der Waals surface area contributed by atoms with Crippen molar-refractivity contribution in [1.82, 2.24) is 0 Å². The molecule has 4 heterocycles. The highest BCUT2D eigenvalue weighted by Crippen LogP contribution is 2.44. The van der Waals surface area contributed by atoms with Gasteiger partial charge in [-0.1, -0.05) is 36.4 Å². The molecule has 5 aromatic carbocycles. The summed E-state index contributed by atoms with van der Waals surface area (Å²) in [6.07, 6.45) is -1.09. The molecule has 4 atom stereocenters. The quantitative estimate of drug-likeness (QED) is 0.0894. The number of hydrogen-bond donors (Lipinski definition) is 6. The molecule has 0 fully saturated rings. The summed E-state index contributed by atoms with van der Waals surface area (Å²) in [4.78, 5) is 44.4. The van der Waals surface area contributed by atoms with Gasteiger partial charge in [-0.15, -0.1) is 0 Å². The van der Waals surface area contributed by atoms with Crippen molar-refractivity contribution < 1.29 is 43.5 Å². The Morgan fingerprint density at radius 1 is 0.705 bits per heavy atom. The average Bonchev–Trinajstić information content (AvgIpc) is 3.79. The predicted octanol–water partition coefficient (Wildman–Crippen LogP) is 6.14. The van der Waals surface area contributed by atoms with Crippen LogP contribution in [-0.2, 0) is 30.8 Å². The Morgan fingerprint density at radius 2 is 1.15 bits per heavy atom. The van der Waals surface area contributed by atoms with Crippen molar-refractivity contribution in [1.29, 1.82) is 0 Å². The number of anilines is 5. The van der Waals surface area contributed by atoms with Crippen molar-refractivity contribution in [2.75, 3.05) is 40.0 Å². The third-order valence-electron chi connectivity index (χ3n) is 11.5. The van der Waals surface area contributed by atoms with Gasteiger partial charge in [0.1, 0.15) is 25.7 Å². The fraction of sp³-hybridized carbons (Fsp3) is 0.283. The SMILES string of the molecule is COc1cc2c(cc1OCc1cc(COc3cc4c(cc3OC)C(=O)N3c5ccccc5C[C@H]3C(O)N4)cc(NC(=O)C(C)(C)S)c1)NC(O)[C@@H]1Cc3ccccc3N1C2=O. The highest BCUT2D eigenvalue weighted by Gasteiger charge is 2.43. The summed E-state index contributed by atoms with van der Waals surface area (Å²) in [5.41, 5.74) is 6.74. The summed E-state index contributed by atoms with van der Waals surface area (Å²) in [6.45, 7) is 3.41. The third kappa shape index (κ3) is 7.32. The highest BCUT2D eigenvalue weighted by atomic mass is 32.1. The molecule has 0 aromatic heterocycles. The predicted molar refractivity (Wildman–Crippen MR) is 234 cm³/mol. The molecule has 0 spiro atoms. The lowest BCUT2D eigenvalue weighted by molar-refractivity contribution is -0.117. The van der Waals surface area contributed by atoms with Crippen LogP contribution >= 0.6 is 12.6 Å². The number of benzene rings is 5. The number of aliphatic hydroxyl groups is 2. The fourth-order valence-electron chi connectivity index (χ4n) is 8.49. The summed E-state index contributed by atoms with van der Waals surface area (Å²) >= 11 is 4.45. The zero-order chi connectivity index (χ0) is 42.7. The maximum absolute atomic E-state index is 14.0. The Morgan fingerprint density at radius 3 is 1.57 bits per heavy atom. The zero-order valence-electron chi connectivity index (χ0n) is 33.9. The summed E-state index contributed by atoms with van der Waals surface area (Å²) in [5.74, 6) is 0.415. The van der Waals surface area contributed by atoms with E-state index >= 15 is 0 Å². The summed E-state index contributed by atoms with van der Waals surface area (Å²) in [5, 5.41) is 31.7. The second-order valence-electron chi connectivity index (χ2n) is 16.1. The minimum absolute atomic E-state index is 0.0155. The van der Waals surface area contributed by atoms with E-state index in [0.29, 0.717) is 75.2 Å². The van der Waals surface area contributed by atoms with E-state index in [1.165, 1.54) is 14.2 Å². The first-order valence-electron chi connectivity index (χ1n) is 19.9. The molecule has 14 nitrogen and oxygen atoms in total. The average molecular weight is 844 g/mol. The van der Waals surface area contributed by atoms with Gasteiger partial charge in [0.25, 0.3) is 11.8 Å². The number of fused-ring (bicyclic) bond motifs is 8. The van der Waals surface area contributed by atoms with E-state index < -0.39 is 29.3 Å². The van der Waals surface area contributed by atoms with Gasteiger partial charge in [0.2, 0.25) is 5.91 Å². The van der Waals surface area contributed by atoms with Crippen molar-refractivity contribution in [3.05, 3.63) is 124 Å². The van der Waals surface area contributed by atoms with Crippen LogP contribution in [0.15, 0.2) is 91.0 Å². The second kappa shape index (κ2) is 15.6. The number of ether oxygens (including phenoxy) is 4. The van der Waals surface area contributed by atoms with Gasteiger partial charge in [0, 0.05) is 29.2 Å². The van der Waals surface area contributed by atoms with Crippen molar-refractivity contribution in [2.45, 2.75) is 69.2 Å². The maximum Gasteiger partial charge on any atom is 0.260 e. The van der Waals surface area contributed by atoms with Crippen molar-refractivity contribution in [2.24, 2.45) is 0 Å². The number of methoxy groups -OCH3 is 2. The number of thiol groups is 1. The van der Waals surface area contributed by atoms with E-state index in [2.05, 4.69) is 28.6 Å². The van der Waals surface area contributed by atoms with Crippen LogP contribution < -0.4 is 44.7 Å². The number of amides is 3. The second-order valence-corrected chi connectivity index (χ2v) is 17.2. The van der Waals surface area contributed by atoms with E-state index in [4.69, 9.17) is 18.9 Å². The maximum atomic E-state index is 14.0. The number of aliphatic hydroxyl groups excluding tert-OH is 2. The Bertz CT molecular complexity index is 2440. The Kier molecular flexibility index (Phi) is 10.2. The number of nitrogens with one attached hydrogen (secondary N) is 3. The molecule has 61 heavy (non-hydrogen) atoms. The molecule has 314 valence electrons. The number of hydrogen-bond acceptors (Lipinski definition) is 12. The molecule has 9 rings (SSSR count). The normalized spacial score (nSPS) is 19.7. The molecule has 3 amide bonds. The van der Waals surface area contributed by atoms with Gasteiger partial charge in [-0.25, -0.2) is 0 Å². The zero-order valence-corrected chi connectivity index (χ0v) is 34.8. The molecule has 0 bridgehead atoms. The molecule has 0 aliphatic carbocycles. The van der Waals surface area contributed by atoms with Gasteiger partial charge < -0.3 is 54.9 Å². The number of carbonyl (C=O) groups is 3. The van der Waals surface area contributed by atoms with Crippen molar-refractivity contribution in [3.63, 3.8) is 0 Å². The minimum atomic E-state index is -1.05. The topological polar surface area (TPSA) is 171 Å². The molecule has 0 radical (unpaired) electrons. The summed E-state index contributed by atoms with van der Waals surface area (Å²) in [6, 6.07) is 26.2. The van der Waals surface area contributed by atoms with Gasteiger partial charge in [-0.05, 0) is 91.4 Å². The molecular formula is C46H45N5O9S. The number of rotatable bonds is 10. The molecular weight excluding hydrogens is 799 g/mol. The van der Waals surface area contributed by atoms with Gasteiger partial charge in [-0.2, -0.15) is 12.6 Å². The Labute approximate surface area is 357 Å². The van der Waals surface area contributed by atoms with E-state index in [0.717, 1.165) is 22.5 Å². The fourth-order valence-corrected chi connectivity index (χ4v) is 8.54. The highest BCUT2D eigenvalue weighted by molar-refractivity contribution is 7.82. The monoisotopic (exact) mass is 843 g/mol. The van der Waals surface area contributed by atoms with Crippen LogP contribution in [0.2, 0.25) is 0 Å². The first kappa shape index (κ1) is 40.0. The molecule has 0 saturated heterocycles. The molecule has 5 aromatic rings. The van der Waals surface area contributed by atoms with Crippen LogP contribution in [0.1, 0.15) is 56.8 Å². The Balaban J connectivity index is 0.984. The molecule has 0 saturated carbocycles. The molecule has 5 N–H and O–H groups in total. The van der Waals surface area contributed by atoms with Gasteiger partial charge >= 0.3 is 0 Å². The van der Waals surface area contributed by atoms with Crippen LogP contribution in [0.3, 0.4) is 0 Å². The lowest BCUT2D eigenvalue weighted by Crippen LogP contribution is -2.45. The number of para-hydroxylation sites is 2. The minimum Gasteiger partial charge on any atom is -0.493 e. The molecule has 15 heteroatoms. The first-order valence-corrected chi connectivity index (χ1v) is 20.3. The lowest BCUT2D eigenvalue weighted by atomic mass is 10.1. The van der Waals surface area contributed by atoms with Gasteiger partial charge in [-0.3, -0.25) is 14.4 Å². The summed E-state index contributed by atoms with van der Waals surface area (Å²) < 4.78 is 23.1. The molecule has 4 aliphatic heterocycles.